The number of nitrogens with one attached hydrogen (secondary N) is 3. The van der Waals surface area contributed by atoms with Gasteiger partial charge in [-0.2, -0.15) is 0 Å². The number of Topliss-reactive ketones (excluding diaryl/α,β-unsaturated/α-hetero) is 1. The van der Waals surface area contributed by atoms with E-state index in [1.54, 1.807) is 19.1 Å². The van der Waals surface area contributed by atoms with Crippen LogP contribution in [0.1, 0.15) is 65.4 Å². The molecule has 2 aliphatic rings. The number of amides is 3. The molecular weight excluding hydrogens is 518 g/mol. The third-order valence-corrected chi connectivity index (χ3v) is 7.01. The summed E-state index contributed by atoms with van der Waals surface area (Å²) in [5.41, 5.74) is -0.572. The number of methoxy groups -OCH3 is 1. The number of hydrogen-bond donors (Lipinski definition) is 5. The predicted octanol–water partition coefficient (Wildman–Crippen LogP) is 1.44. The average Bonchev–Trinajstić information content (AvgIpc) is 3.40. The molecule has 11 nitrogen and oxygen atoms in total. The summed E-state index contributed by atoms with van der Waals surface area (Å²) >= 11 is 0. The Hall–Kier alpha value is -3.44. The molecule has 11 heteroatoms. The Kier molecular flexibility index (Phi) is 9.96. The van der Waals surface area contributed by atoms with E-state index in [4.69, 9.17) is 9.47 Å². The molecule has 1 aliphatic carbocycles. The van der Waals surface area contributed by atoms with E-state index in [9.17, 15) is 29.4 Å². The number of epoxide rings is 1. The fraction of sp³-hybridized carbons (Fsp3) is 0.586. The van der Waals surface area contributed by atoms with Crippen molar-refractivity contribution in [1.29, 1.82) is 0 Å². The van der Waals surface area contributed by atoms with E-state index in [-0.39, 0.29) is 36.7 Å². The number of aliphatic hydroxyl groups is 1. The van der Waals surface area contributed by atoms with E-state index in [1.807, 2.05) is 0 Å². The van der Waals surface area contributed by atoms with Crippen molar-refractivity contribution in [2.45, 2.75) is 95.5 Å². The van der Waals surface area contributed by atoms with E-state index in [0.717, 1.165) is 24.8 Å². The number of hydrogen-bond acceptors (Lipinski definition) is 8. The Morgan fingerprint density at radius 2 is 1.77 bits per heavy atom. The Balaban J connectivity index is 1.79. The number of phenols is 1. The number of ketones is 1. The first-order chi connectivity index (χ1) is 18.7. The minimum absolute atomic E-state index is 0.00313. The molecular formula is C29H41N3O8. The highest BCUT2D eigenvalue weighted by molar-refractivity contribution is 5.98. The molecule has 40 heavy (non-hydrogen) atoms. The molecule has 5 N–H and O–H groups in total. The van der Waals surface area contributed by atoms with Crippen molar-refractivity contribution in [2.75, 3.05) is 13.7 Å². The van der Waals surface area contributed by atoms with Crippen LogP contribution in [0.25, 0.3) is 0 Å². The molecule has 1 saturated heterocycles. The van der Waals surface area contributed by atoms with Crippen molar-refractivity contribution in [2.24, 2.45) is 0 Å². The summed E-state index contributed by atoms with van der Waals surface area (Å²) in [6, 6.07) is 1.67. The second-order valence-electron chi connectivity index (χ2n) is 11.5. The molecule has 220 valence electrons. The number of carbonyl (C=O) groups excluding carboxylic acids is 4. The molecule has 1 aromatic carbocycles. The lowest BCUT2D eigenvalue weighted by molar-refractivity contribution is -0.134. The second-order valence-corrected chi connectivity index (χ2v) is 11.5. The van der Waals surface area contributed by atoms with Gasteiger partial charge in [-0.3, -0.25) is 19.2 Å². The SMILES string of the molecule is COc1ccc(C[C@H](NC(=O)[C@@H](C)NC(=O)CC(C)(C)O)C(=O)N[C@@H](CC2=CCCC2)C(=O)[C@]2(C)CO2)cc1O. The predicted molar refractivity (Wildman–Crippen MR) is 147 cm³/mol. The number of rotatable bonds is 14. The highest BCUT2D eigenvalue weighted by atomic mass is 16.6. The number of benzene rings is 1. The maximum atomic E-state index is 13.6. The fourth-order valence-electron chi connectivity index (χ4n) is 4.64. The van der Waals surface area contributed by atoms with Gasteiger partial charge >= 0.3 is 0 Å². The summed E-state index contributed by atoms with van der Waals surface area (Å²) in [5.74, 6) is -1.83. The Morgan fingerprint density at radius 1 is 1.10 bits per heavy atom. The first-order valence-electron chi connectivity index (χ1n) is 13.6. The van der Waals surface area contributed by atoms with Crippen LogP contribution >= 0.6 is 0 Å². The Morgan fingerprint density at radius 3 is 2.33 bits per heavy atom. The summed E-state index contributed by atoms with van der Waals surface area (Å²) < 4.78 is 10.4. The van der Waals surface area contributed by atoms with Crippen LogP contribution < -0.4 is 20.7 Å². The zero-order chi connectivity index (χ0) is 29.7. The van der Waals surface area contributed by atoms with Crippen molar-refractivity contribution in [3.63, 3.8) is 0 Å². The average molecular weight is 560 g/mol. The number of ether oxygens (including phenoxy) is 2. The minimum atomic E-state index is -1.25. The molecule has 4 atom stereocenters. The lowest BCUT2D eigenvalue weighted by Gasteiger charge is -2.26. The van der Waals surface area contributed by atoms with E-state index in [2.05, 4.69) is 22.0 Å². The van der Waals surface area contributed by atoms with Crippen molar-refractivity contribution in [1.82, 2.24) is 16.0 Å². The van der Waals surface area contributed by atoms with E-state index >= 15 is 0 Å². The van der Waals surface area contributed by atoms with Crippen LogP contribution in [0.3, 0.4) is 0 Å². The van der Waals surface area contributed by atoms with Gasteiger partial charge in [-0.15, -0.1) is 0 Å². The van der Waals surface area contributed by atoms with Gasteiger partial charge in [0.25, 0.3) is 0 Å². The molecule has 1 aliphatic heterocycles. The van der Waals surface area contributed by atoms with E-state index < -0.39 is 47.0 Å². The molecule has 3 rings (SSSR count). The highest BCUT2D eigenvalue weighted by Crippen LogP contribution is 2.31. The zero-order valence-corrected chi connectivity index (χ0v) is 23.8. The van der Waals surface area contributed by atoms with Crippen LogP contribution in [0.2, 0.25) is 0 Å². The van der Waals surface area contributed by atoms with Crippen molar-refractivity contribution >= 4 is 23.5 Å². The summed E-state index contributed by atoms with van der Waals surface area (Å²) in [7, 11) is 1.42. The van der Waals surface area contributed by atoms with Crippen LogP contribution in [0.5, 0.6) is 11.5 Å². The first-order valence-corrected chi connectivity index (χ1v) is 13.6. The number of allylic oxidation sites excluding steroid dienone is 1. The summed E-state index contributed by atoms with van der Waals surface area (Å²) in [6.07, 6.45) is 5.00. The number of phenolic OH excluding ortho intramolecular Hbond substituents is 1. The van der Waals surface area contributed by atoms with Crippen LogP contribution in [0.15, 0.2) is 29.8 Å². The molecule has 0 spiro atoms. The molecule has 0 unspecified atom stereocenters. The molecule has 0 saturated carbocycles. The molecule has 0 aromatic heterocycles. The molecule has 3 amide bonds. The quantitative estimate of drug-likeness (QED) is 0.169. The minimum Gasteiger partial charge on any atom is -0.504 e. The smallest absolute Gasteiger partial charge is 0.243 e. The molecule has 1 fully saturated rings. The van der Waals surface area contributed by atoms with Crippen LogP contribution in [0, 0.1) is 0 Å². The molecule has 1 aromatic rings. The van der Waals surface area contributed by atoms with Crippen LogP contribution in [0.4, 0.5) is 0 Å². The third-order valence-electron chi connectivity index (χ3n) is 7.01. The van der Waals surface area contributed by atoms with Gasteiger partial charge in [0.2, 0.25) is 17.7 Å². The normalized spacial score (nSPS) is 20.5. The van der Waals surface area contributed by atoms with Crippen molar-refractivity contribution in [3.05, 3.63) is 35.4 Å². The van der Waals surface area contributed by atoms with E-state index in [1.165, 1.54) is 33.9 Å². The second kappa shape index (κ2) is 12.8. The van der Waals surface area contributed by atoms with E-state index in [0.29, 0.717) is 12.0 Å². The van der Waals surface area contributed by atoms with Gasteiger partial charge in [0.1, 0.15) is 17.7 Å². The summed E-state index contributed by atoms with van der Waals surface area (Å²) in [4.78, 5) is 52.1. The van der Waals surface area contributed by atoms with Crippen molar-refractivity contribution in [3.8, 4) is 11.5 Å². The summed E-state index contributed by atoms with van der Waals surface area (Å²) in [5, 5.41) is 28.2. The zero-order valence-electron chi connectivity index (χ0n) is 23.8. The lowest BCUT2D eigenvalue weighted by Crippen LogP contribution is -2.57. The molecule has 1 heterocycles. The van der Waals surface area contributed by atoms with Gasteiger partial charge in [0.05, 0.1) is 31.8 Å². The maximum Gasteiger partial charge on any atom is 0.243 e. The van der Waals surface area contributed by atoms with Gasteiger partial charge < -0.3 is 35.6 Å². The number of carbonyl (C=O) groups is 4. The Bertz CT molecular complexity index is 1150. The third kappa shape index (κ3) is 8.79. The topological polar surface area (TPSA) is 167 Å². The standard InChI is InChI=1S/C29H41N3O8/c1-17(30-24(34)15-28(2,3)38)26(36)32-21(13-19-10-11-23(39-5)22(33)14-19)27(37)31-20(12-18-8-6-7-9-18)25(35)29(4)16-40-29/h8,10-11,14,17,20-21,33,38H,6-7,9,12-13,15-16H2,1-5H3,(H,30,34)(H,31,37)(H,32,36)/t17-,20+,21+,29+/m1/s1. The van der Waals surface area contributed by atoms with Gasteiger partial charge in [-0.25, -0.2) is 0 Å². The Labute approximate surface area is 234 Å². The fourth-order valence-corrected chi connectivity index (χ4v) is 4.64. The summed E-state index contributed by atoms with van der Waals surface area (Å²) in [6.45, 7) is 6.40. The molecule has 0 radical (unpaired) electrons. The van der Waals surface area contributed by atoms with Gasteiger partial charge in [-0.1, -0.05) is 17.7 Å². The van der Waals surface area contributed by atoms with Crippen LogP contribution in [-0.2, 0) is 30.3 Å². The monoisotopic (exact) mass is 559 g/mol. The highest BCUT2D eigenvalue weighted by Gasteiger charge is 2.50. The largest absolute Gasteiger partial charge is 0.504 e. The lowest BCUT2D eigenvalue weighted by atomic mass is 9.94. The van der Waals surface area contributed by atoms with Gasteiger partial charge in [0, 0.05) is 6.42 Å². The van der Waals surface area contributed by atoms with Gasteiger partial charge in [0.15, 0.2) is 17.3 Å². The van der Waals surface area contributed by atoms with Crippen molar-refractivity contribution < 1.29 is 38.9 Å². The number of aromatic hydroxyl groups is 1. The first kappa shape index (κ1) is 31.1. The van der Waals surface area contributed by atoms with Crippen LogP contribution in [-0.4, -0.2) is 76.8 Å². The molecule has 0 bridgehead atoms. The van der Waals surface area contributed by atoms with Gasteiger partial charge in [-0.05, 0) is 71.1 Å². The maximum absolute atomic E-state index is 13.6.